The van der Waals surface area contributed by atoms with Gasteiger partial charge in [-0.2, -0.15) is 8.42 Å². The molecular weight excluding hydrogens is 266 g/mol. The van der Waals surface area contributed by atoms with Crippen molar-refractivity contribution in [1.82, 2.24) is 0 Å². The smallest absolute Gasteiger partial charge is 0.296 e. The van der Waals surface area contributed by atoms with Crippen LogP contribution in [0.3, 0.4) is 0 Å². The predicted molar refractivity (Wildman–Crippen MR) is 74.8 cm³/mol. The highest BCUT2D eigenvalue weighted by molar-refractivity contribution is 7.86. The molecule has 0 bridgehead atoms. The van der Waals surface area contributed by atoms with Crippen LogP contribution in [0.4, 0.5) is 22.7 Å². The molecule has 0 unspecified atom stereocenters. The minimum absolute atomic E-state index is 0.0251. The summed E-state index contributed by atoms with van der Waals surface area (Å²) >= 11 is 0. The third-order valence-corrected chi connectivity index (χ3v) is 3.41. The number of benzene rings is 2. The van der Waals surface area contributed by atoms with Crippen molar-refractivity contribution < 1.29 is 13.0 Å². The Hall–Kier alpha value is -2.25. The Morgan fingerprint density at radius 2 is 1.53 bits per heavy atom. The average Bonchev–Trinajstić information content (AvgIpc) is 2.30. The maximum Gasteiger partial charge on any atom is 0.296 e. The molecule has 6 nitrogen and oxygen atoms in total. The zero-order chi connectivity index (χ0) is 14.0. The molecule has 2 aromatic rings. The molecule has 0 heterocycles. The Morgan fingerprint density at radius 3 is 2.05 bits per heavy atom. The Labute approximate surface area is 110 Å². The van der Waals surface area contributed by atoms with E-state index in [9.17, 15) is 8.42 Å². The number of rotatable bonds is 3. The minimum atomic E-state index is -4.30. The third-order valence-electron chi connectivity index (χ3n) is 2.49. The van der Waals surface area contributed by atoms with Gasteiger partial charge < -0.3 is 16.8 Å². The van der Waals surface area contributed by atoms with Crippen molar-refractivity contribution in [3.63, 3.8) is 0 Å². The van der Waals surface area contributed by atoms with Crippen molar-refractivity contribution in [2.45, 2.75) is 4.90 Å². The standard InChI is InChI=1S/C12H13N3O3S/c13-8-1-3-9(4-2-8)15-10-5-6-12(11(14)7-10)19(16,17)18/h1-7,15H,13-14H2,(H,16,17,18). The van der Waals surface area contributed by atoms with Crippen molar-refractivity contribution >= 4 is 32.9 Å². The van der Waals surface area contributed by atoms with Crippen LogP contribution in [0.25, 0.3) is 0 Å². The number of hydrogen-bond acceptors (Lipinski definition) is 5. The van der Waals surface area contributed by atoms with E-state index in [1.165, 1.54) is 18.2 Å². The summed E-state index contributed by atoms with van der Waals surface area (Å²) in [6, 6.07) is 11.2. The maximum absolute atomic E-state index is 11.0. The van der Waals surface area contributed by atoms with Crippen LogP contribution in [-0.2, 0) is 10.1 Å². The maximum atomic E-state index is 11.0. The van der Waals surface area contributed by atoms with Crippen LogP contribution in [0, 0.1) is 0 Å². The van der Waals surface area contributed by atoms with Gasteiger partial charge in [-0.1, -0.05) is 0 Å². The number of nitrogens with two attached hydrogens (primary N) is 2. The van der Waals surface area contributed by atoms with Gasteiger partial charge in [-0.25, -0.2) is 0 Å². The van der Waals surface area contributed by atoms with Crippen LogP contribution in [0.2, 0.25) is 0 Å². The minimum Gasteiger partial charge on any atom is -0.399 e. The molecule has 0 radical (unpaired) electrons. The first-order valence-electron chi connectivity index (χ1n) is 5.36. The second-order valence-electron chi connectivity index (χ2n) is 3.97. The fourth-order valence-corrected chi connectivity index (χ4v) is 2.19. The van der Waals surface area contributed by atoms with Crippen LogP contribution in [0.15, 0.2) is 47.4 Å². The monoisotopic (exact) mass is 279 g/mol. The van der Waals surface area contributed by atoms with Gasteiger partial charge in [0.2, 0.25) is 0 Å². The normalized spacial score (nSPS) is 11.2. The van der Waals surface area contributed by atoms with Crippen molar-refractivity contribution in [3.8, 4) is 0 Å². The molecule has 6 N–H and O–H groups in total. The first kappa shape index (κ1) is 13.2. The second-order valence-corrected chi connectivity index (χ2v) is 5.36. The van der Waals surface area contributed by atoms with Gasteiger partial charge in [-0.3, -0.25) is 4.55 Å². The van der Waals surface area contributed by atoms with Crippen LogP contribution in [0.1, 0.15) is 0 Å². The van der Waals surface area contributed by atoms with E-state index < -0.39 is 10.1 Å². The highest BCUT2D eigenvalue weighted by atomic mass is 32.2. The Morgan fingerprint density at radius 1 is 0.947 bits per heavy atom. The van der Waals surface area contributed by atoms with Gasteiger partial charge >= 0.3 is 0 Å². The molecule has 0 aromatic heterocycles. The van der Waals surface area contributed by atoms with Crippen LogP contribution in [0.5, 0.6) is 0 Å². The summed E-state index contributed by atoms with van der Waals surface area (Å²) < 4.78 is 30.9. The van der Waals surface area contributed by atoms with Gasteiger partial charge in [0.15, 0.2) is 0 Å². The van der Waals surface area contributed by atoms with Gasteiger partial charge in [0.25, 0.3) is 10.1 Å². The SMILES string of the molecule is Nc1ccc(Nc2ccc(S(=O)(=O)O)c(N)c2)cc1. The summed E-state index contributed by atoms with van der Waals surface area (Å²) in [6.45, 7) is 0. The van der Waals surface area contributed by atoms with E-state index in [-0.39, 0.29) is 10.6 Å². The lowest BCUT2D eigenvalue weighted by Crippen LogP contribution is -2.03. The molecule has 0 saturated heterocycles. The predicted octanol–water partition coefficient (Wildman–Crippen LogP) is 1.84. The van der Waals surface area contributed by atoms with Crippen molar-refractivity contribution in [3.05, 3.63) is 42.5 Å². The zero-order valence-electron chi connectivity index (χ0n) is 9.87. The van der Waals surface area contributed by atoms with E-state index in [0.717, 1.165) is 5.69 Å². The molecule has 0 amide bonds. The Kier molecular flexibility index (Phi) is 3.32. The fourth-order valence-electron chi connectivity index (χ4n) is 1.59. The van der Waals surface area contributed by atoms with E-state index in [1.54, 1.807) is 24.3 Å². The summed E-state index contributed by atoms with van der Waals surface area (Å²) in [5, 5.41) is 3.04. The Balaban J connectivity index is 2.28. The molecule has 0 fully saturated rings. The molecule has 0 spiro atoms. The van der Waals surface area contributed by atoms with Gasteiger partial charge in [0.1, 0.15) is 4.90 Å². The quantitative estimate of drug-likeness (QED) is 0.503. The molecule has 0 aliphatic heterocycles. The number of anilines is 4. The summed E-state index contributed by atoms with van der Waals surface area (Å²) in [7, 11) is -4.30. The average molecular weight is 279 g/mol. The molecule has 2 rings (SSSR count). The van der Waals surface area contributed by atoms with Crippen molar-refractivity contribution in [2.75, 3.05) is 16.8 Å². The third kappa shape index (κ3) is 3.15. The molecule has 100 valence electrons. The van der Waals surface area contributed by atoms with E-state index in [0.29, 0.717) is 11.4 Å². The largest absolute Gasteiger partial charge is 0.399 e. The molecular formula is C12H13N3O3S. The van der Waals surface area contributed by atoms with E-state index >= 15 is 0 Å². The van der Waals surface area contributed by atoms with E-state index in [4.69, 9.17) is 16.0 Å². The lowest BCUT2D eigenvalue weighted by atomic mass is 10.2. The molecule has 0 atom stereocenters. The topological polar surface area (TPSA) is 118 Å². The van der Waals surface area contributed by atoms with Gasteiger partial charge in [0, 0.05) is 17.1 Å². The van der Waals surface area contributed by atoms with E-state index in [1.807, 2.05) is 0 Å². The number of nitrogens with one attached hydrogen (secondary N) is 1. The molecule has 7 heteroatoms. The molecule has 0 saturated carbocycles. The van der Waals surface area contributed by atoms with E-state index in [2.05, 4.69) is 5.32 Å². The fraction of sp³-hybridized carbons (Fsp3) is 0. The number of nitrogen functional groups attached to an aromatic ring is 2. The molecule has 0 aliphatic rings. The first-order valence-corrected chi connectivity index (χ1v) is 6.80. The summed E-state index contributed by atoms with van der Waals surface area (Å²) in [6.07, 6.45) is 0. The van der Waals surface area contributed by atoms with Crippen LogP contribution in [-0.4, -0.2) is 13.0 Å². The first-order chi connectivity index (χ1) is 8.86. The molecule has 2 aromatic carbocycles. The zero-order valence-corrected chi connectivity index (χ0v) is 10.7. The van der Waals surface area contributed by atoms with Crippen molar-refractivity contribution in [2.24, 2.45) is 0 Å². The van der Waals surface area contributed by atoms with Crippen molar-refractivity contribution in [1.29, 1.82) is 0 Å². The van der Waals surface area contributed by atoms with Crippen LogP contribution < -0.4 is 16.8 Å². The second kappa shape index (κ2) is 4.79. The lowest BCUT2D eigenvalue weighted by Gasteiger charge is -2.09. The highest BCUT2D eigenvalue weighted by Gasteiger charge is 2.13. The molecule has 0 aliphatic carbocycles. The molecule has 19 heavy (non-hydrogen) atoms. The lowest BCUT2D eigenvalue weighted by molar-refractivity contribution is 0.483. The summed E-state index contributed by atoms with van der Waals surface area (Å²) in [5.74, 6) is 0. The highest BCUT2D eigenvalue weighted by Crippen LogP contribution is 2.25. The van der Waals surface area contributed by atoms with Gasteiger partial charge in [-0.05, 0) is 42.5 Å². The number of hydrogen-bond donors (Lipinski definition) is 4. The van der Waals surface area contributed by atoms with Crippen LogP contribution >= 0.6 is 0 Å². The van der Waals surface area contributed by atoms with Gasteiger partial charge in [-0.15, -0.1) is 0 Å². The Bertz CT molecular complexity index is 697. The summed E-state index contributed by atoms with van der Waals surface area (Å²) in [5.41, 5.74) is 13.2. The van der Waals surface area contributed by atoms with Gasteiger partial charge in [0.05, 0.1) is 5.69 Å². The summed E-state index contributed by atoms with van der Waals surface area (Å²) in [4.78, 5) is -0.310.